The topological polar surface area (TPSA) is 75.7 Å². The third kappa shape index (κ3) is 4.74. The Hall–Kier alpha value is -2.22. The molecule has 0 radical (unpaired) electrons. The number of nitrogens with zero attached hydrogens (tertiary/aromatic N) is 1. The van der Waals surface area contributed by atoms with Crippen molar-refractivity contribution in [2.45, 2.75) is 23.8 Å². The van der Waals surface area contributed by atoms with E-state index < -0.39 is 16.0 Å². The number of ether oxygens (including phenoxy) is 1. The van der Waals surface area contributed by atoms with Crippen molar-refractivity contribution in [1.29, 1.82) is 0 Å². The molecular formula is C20H24N2O4S. The molecule has 144 valence electrons. The van der Waals surface area contributed by atoms with Gasteiger partial charge in [-0.2, -0.15) is 0 Å². The van der Waals surface area contributed by atoms with Crippen molar-refractivity contribution in [3.8, 4) is 0 Å². The smallest absolute Gasteiger partial charge is 0.337 e. The molecule has 7 heteroatoms. The number of carbonyl (C=O) groups is 1. The standard InChI is InChI=1S/C20H24N2O4S/c1-26-20(23)17-10-7-11-18(14-17)27(24,25)21-15-19(22-12-5-6-13-22)16-8-3-2-4-9-16/h2-4,7-11,14,19,21H,5-6,12-13,15H2,1H3. The highest BCUT2D eigenvalue weighted by atomic mass is 32.2. The van der Waals surface area contributed by atoms with Crippen molar-refractivity contribution in [2.24, 2.45) is 0 Å². The summed E-state index contributed by atoms with van der Waals surface area (Å²) in [5.74, 6) is -0.564. The van der Waals surface area contributed by atoms with Crippen molar-refractivity contribution in [3.63, 3.8) is 0 Å². The lowest BCUT2D eigenvalue weighted by Crippen LogP contribution is -2.36. The van der Waals surface area contributed by atoms with Gasteiger partial charge in [0.15, 0.2) is 0 Å². The van der Waals surface area contributed by atoms with Crippen LogP contribution in [0.15, 0.2) is 59.5 Å². The van der Waals surface area contributed by atoms with E-state index in [1.54, 1.807) is 0 Å². The maximum atomic E-state index is 12.8. The van der Waals surface area contributed by atoms with E-state index in [0.717, 1.165) is 31.5 Å². The summed E-state index contributed by atoms with van der Waals surface area (Å²) in [4.78, 5) is 14.0. The van der Waals surface area contributed by atoms with E-state index >= 15 is 0 Å². The van der Waals surface area contributed by atoms with Gasteiger partial charge in [-0.05, 0) is 49.7 Å². The van der Waals surface area contributed by atoms with Gasteiger partial charge >= 0.3 is 5.97 Å². The summed E-state index contributed by atoms with van der Waals surface area (Å²) in [6, 6.07) is 15.8. The first kappa shape index (κ1) is 19.5. The average Bonchev–Trinajstić information content (AvgIpc) is 3.23. The van der Waals surface area contributed by atoms with Crippen LogP contribution in [-0.2, 0) is 14.8 Å². The first-order valence-corrected chi connectivity index (χ1v) is 10.5. The number of esters is 1. The number of nitrogens with one attached hydrogen (secondary N) is 1. The van der Waals surface area contributed by atoms with E-state index in [0.29, 0.717) is 0 Å². The second-order valence-electron chi connectivity index (χ2n) is 6.54. The number of rotatable bonds is 7. The van der Waals surface area contributed by atoms with Crippen LogP contribution in [-0.4, -0.2) is 46.0 Å². The number of likely N-dealkylation sites (tertiary alicyclic amines) is 1. The van der Waals surface area contributed by atoms with Crippen molar-refractivity contribution >= 4 is 16.0 Å². The van der Waals surface area contributed by atoms with Crippen LogP contribution in [0.2, 0.25) is 0 Å². The molecule has 1 fully saturated rings. The number of carbonyl (C=O) groups excluding carboxylic acids is 1. The fraction of sp³-hybridized carbons (Fsp3) is 0.350. The monoisotopic (exact) mass is 388 g/mol. The molecule has 0 aliphatic carbocycles. The normalized spacial score (nSPS) is 16.2. The van der Waals surface area contributed by atoms with Crippen LogP contribution in [0, 0.1) is 0 Å². The zero-order chi connectivity index (χ0) is 19.3. The molecule has 1 aliphatic heterocycles. The number of hydrogen-bond acceptors (Lipinski definition) is 5. The SMILES string of the molecule is COC(=O)c1cccc(S(=O)(=O)NCC(c2ccccc2)N2CCCC2)c1. The Morgan fingerprint density at radius 2 is 1.81 bits per heavy atom. The van der Waals surface area contributed by atoms with Gasteiger partial charge in [-0.25, -0.2) is 17.9 Å². The summed E-state index contributed by atoms with van der Waals surface area (Å²) >= 11 is 0. The molecule has 1 N–H and O–H groups in total. The van der Waals surface area contributed by atoms with Crippen LogP contribution in [0.3, 0.4) is 0 Å². The third-order valence-electron chi connectivity index (χ3n) is 4.80. The second kappa shape index (κ2) is 8.65. The van der Waals surface area contributed by atoms with E-state index in [-0.39, 0.29) is 23.0 Å². The van der Waals surface area contributed by atoms with Crippen LogP contribution < -0.4 is 4.72 Å². The Labute approximate surface area is 160 Å². The minimum Gasteiger partial charge on any atom is -0.465 e. The molecule has 3 rings (SSSR count). The molecule has 1 atom stereocenters. The van der Waals surface area contributed by atoms with Gasteiger partial charge in [-0.1, -0.05) is 36.4 Å². The Morgan fingerprint density at radius 1 is 1.11 bits per heavy atom. The fourth-order valence-corrected chi connectivity index (χ4v) is 4.45. The molecule has 1 heterocycles. The van der Waals surface area contributed by atoms with Gasteiger partial charge in [0.25, 0.3) is 0 Å². The Bertz CT molecular complexity index is 878. The summed E-state index contributed by atoms with van der Waals surface area (Å²) in [6.07, 6.45) is 2.24. The Balaban J connectivity index is 1.79. The fourth-order valence-electron chi connectivity index (χ4n) is 3.37. The molecular weight excluding hydrogens is 364 g/mol. The molecule has 1 saturated heterocycles. The van der Waals surface area contributed by atoms with Gasteiger partial charge in [-0.15, -0.1) is 0 Å². The molecule has 1 aliphatic rings. The molecule has 2 aromatic rings. The van der Waals surface area contributed by atoms with Gasteiger partial charge in [0, 0.05) is 12.6 Å². The number of benzene rings is 2. The number of hydrogen-bond donors (Lipinski definition) is 1. The van der Waals surface area contributed by atoms with E-state index in [9.17, 15) is 13.2 Å². The first-order valence-electron chi connectivity index (χ1n) is 8.98. The Kier molecular flexibility index (Phi) is 6.26. The minimum absolute atomic E-state index is 0.0211. The highest BCUT2D eigenvalue weighted by Gasteiger charge is 2.25. The molecule has 0 amide bonds. The van der Waals surface area contributed by atoms with Crippen molar-refractivity contribution in [1.82, 2.24) is 9.62 Å². The van der Waals surface area contributed by atoms with Gasteiger partial charge in [0.05, 0.1) is 17.6 Å². The molecule has 27 heavy (non-hydrogen) atoms. The Morgan fingerprint density at radius 3 is 2.48 bits per heavy atom. The first-order chi connectivity index (χ1) is 13.0. The molecule has 2 aromatic carbocycles. The van der Waals surface area contributed by atoms with Crippen LogP contribution in [0.5, 0.6) is 0 Å². The zero-order valence-corrected chi connectivity index (χ0v) is 16.1. The number of sulfonamides is 1. The number of methoxy groups -OCH3 is 1. The third-order valence-corrected chi connectivity index (χ3v) is 6.22. The maximum absolute atomic E-state index is 12.8. The van der Waals surface area contributed by atoms with Crippen molar-refractivity contribution in [3.05, 3.63) is 65.7 Å². The van der Waals surface area contributed by atoms with Crippen LogP contribution >= 0.6 is 0 Å². The summed E-state index contributed by atoms with van der Waals surface area (Å²) in [5, 5.41) is 0. The average molecular weight is 388 g/mol. The molecule has 0 spiro atoms. The molecule has 1 unspecified atom stereocenters. The maximum Gasteiger partial charge on any atom is 0.337 e. The quantitative estimate of drug-likeness (QED) is 0.738. The molecule has 0 aromatic heterocycles. The lowest BCUT2D eigenvalue weighted by atomic mass is 10.1. The predicted molar refractivity (Wildman–Crippen MR) is 103 cm³/mol. The highest BCUT2D eigenvalue weighted by molar-refractivity contribution is 7.89. The van der Waals surface area contributed by atoms with E-state index in [1.807, 2.05) is 30.3 Å². The summed E-state index contributed by atoms with van der Waals surface area (Å²) < 4.78 is 32.9. The van der Waals surface area contributed by atoms with Gasteiger partial charge < -0.3 is 4.74 Å². The predicted octanol–water partition coefficient (Wildman–Crippen LogP) is 2.59. The van der Waals surface area contributed by atoms with E-state index in [1.165, 1.54) is 31.4 Å². The van der Waals surface area contributed by atoms with Crippen molar-refractivity contribution in [2.75, 3.05) is 26.7 Å². The zero-order valence-electron chi connectivity index (χ0n) is 15.3. The van der Waals surface area contributed by atoms with Crippen LogP contribution in [0.1, 0.15) is 34.8 Å². The lowest BCUT2D eigenvalue weighted by molar-refractivity contribution is 0.0600. The van der Waals surface area contributed by atoms with Gasteiger partial charge in [-0.3, -0.25) is 4.90 Å². The van der Waals surface area contributed by atoms with E-state index in [4.69, 9.17) is 0 Å². The van der Waals surface area contributed by atoms with Gasteiger partial charge in [0.1, 0.15) is 0 Å². The summed E-state index contributed by atoms with van der Waals surface area (Å²) in [6.45, 7) is 2.19. The second-order valence-corrected chi connectivity index (χ2v) is 8.31. The molecule has 0 bridgehead atoms. The highest BCUT2D eigenvalue weighted by Crippen LogP contribution is 2.25. The molecule has 0 saturated carbocycles. The summed E-state index contributed by atoms with van der Waals surface area (Å²) in [5.41, 5.74) is 1.30. The van der Waals surface area contributed by atoms with Crippen LogP contribution in [0.4, 0.5) is 0 Å². The lowest BCUT2D eigenvalue weighted by Gasteiger charge is -2.28. The van der Waals surface area contributed by atoms with Crippen molar-refractivity contribution < 1.29 is 17.9 Å². The largest absolute Gasteiger partial charge is 0.465 e. The van der Waals surface area contributed by atoms with E-state index in [2.05, 4.69) is 14.4 Å². The molecule has 6 nitrogen and oxygen atoms in total. The minimum atomic E-state index is -3.74. The van der Waals surface area contributed by atoms with Gasteiger partial charge in [0.2, 0.25) is 10.0 Å². The summed E-state index contributed by atoms with van der Waals surface area (Å²) in [7, 11) is -2.48. The van der Waals surface area contributed by atoms with Crippen LogP contribution in [0.25, 0.3) is 0 Å².